The van der Waals surface area contributed by atoms with E-state index in [1.54, 1.807) is 30.9 Å². The third-order valence-electron chi connectivity index (χ3n) is 3.14. The summed E-state index contributed by atoms with van der Waals surface area (Å²) in [5.74, 6) is 1.26. The normalized spacial score (nSPS) is 10.3. The molecule has 0 bridgehead atoms. The van der Waals surface area contributed by atoms with Gasteiger partial charge in [0.2, 0.25) is 0 Å². The van der Waals surface area contributed by atoms with Gasteiger partial charge in [0, 0.05) is 35.9 Å². The van der Waals surface area contributed by atoms with Gasteiger partial charge in [-0.1, -0.05) is 0 Å². The zero-order chi connectivity index (χ0) is 15.4. The molecule has 5 nitrogen and oxygen atoms in total. The number of rotatable bonds is 5. The first-order chi connectivity index (χ1) is 10.0. The summed E-state index contributed by atoms with van der Waals surface area (Å²) in [6.45, 7) is 0.384. The Balaban J connectivity index is 2.09. The molecule has 21 heavy (non-hydrogen) atoms. The highest BCUT2D eigenvalue weighted by atomic mass is 79.9. The highest BCUT2D eigenvalue weighted by Gasteiger charge is 2.12. The number of amides is 1. The van der Waals surface area contributed by atoms with Crippen LogP contribution in [0.15, 0.2) is 34.9 Å². The van der Waals surface area contributed by atoms with Gasteiger partial charge in [0.15, 0.2) is 0 Å². The van der Waals surface area contributed by atoms with Gasteiger partial charge in [0.05, 0.1) is 14.2 Å². The Kier molecular flexibility index (Phi) is 4.90. The molecule has 0 spiro atoms. The minimum Gasteiger partial charge on any atom is -0.497 e. The number of aromatic nitrogens is 1. The van der Waals surface area contributed by atoms with Gasteiger partial charge in [0.25, 0.3) is 5.91 Å². The van der Waals surface area contributed by atoms with Crippen molar-refractivity contribution in [1.29, 1.82) is 0 Å². The van der Waals surface area contributed by atoms with Crippen LogP contribution in [0, 0.1) is 0 Å². The van der Waals surface area contributed by atoms with Gasteiger partial charge in [-0.15, -0.1) is 0 Å². The first-order valence-electron chi connectivity index (χ1n) is 6.36. The average molecular weight is 353 g/mol. The largest absolute Gasteiger partial charge is 0.497 e. The van der Waals surface area contributed by atoms with Crippen molar-refractivity contribution in [2.75, 3.05) is 14.2 Å². The first kappa shape index (κ1) is 15.4. The molecule has 0 radical (unpaired) electrons. The summed E-state index contributed by atoms with van der Waals surface area (Å²) in [7, 11) is 5.02. The molecular weight excluding hydrogens is 336 g/mol. The van der Waals surface area contributed by atoms with Crippen LogP contribution in [0.25, 0.3) is 0 Å². The van der Waals surface area contributed by atoms with Crippen molar-refractivity contribution in [3.63, 3.8) is 0 Å². The molecule has 1 aromatic carbocycles. The van der Waals surface area contributed by atoms with E-state index in [2.05, 4.69) is 21.2 Å². The van der Waals surface area contributed by atoms with E-state index in [1.807, 2.05) is 25.4 Å². The fourth-order valence-electron chi connectivity index (χ4n) is 2.01. The summed E-state index contributed by atoms with van der Waals surface area (Å²) in [6.07, 6.45) is 1.84. The third kappa shape index (κ3) is 3.58. The standard InChI is InChI=1S/C15H17BrN2O3/c1-18-9-11(16)6-13(18)15(19)17-8-10-4-5-12(20-2)7-14(10)21-3/h4-7,9H,8H2,1-3H3,(H,17,19). The van der Waals surface area contributed by atoms with E-state index in [4.69, 9.17) is 9.47 Å². The summed E-state index contributed by atoms with van der Waals surface area (Å²) in [6, 6.07) is 7.28. The molecule has 0 atom stereocenters. The van der Waals surface area contributed by atoms with Crippen molar-refractivity contribution < 1.29 is 14.3 Å². The maximum Gasteiger partial charge on any atom is 0.268 e. The average Bonchev–Trinajstić information content (AvgIpc) is 2.83. The van der Waals surface area contributed by atoms with Gasteiger partial charge in [-0.25, -0.2) is 0 Å². The predicted molar refractivity (Wildman–Crippen MR) is 83.8 cm³/mol. The molecule has 0 aliphatic carbocycles. The second kappa shape index (κ2) is 6.67. The molecule has 1 amide bonds. The summed E-state index contributed by atoms with van der Waals surface area (Å²) >= 11 is 3.35. The van der Waals surface area contributed by atoms with E-state index in [0.717, 1.165) is 10.0 Å². The van der Waals surface area contributed by atoms with E-state index in [0.29, 0.717) is 23.7 Å². The monoisotopic (exact) mass is 352 g/mol. The third-order valence-corrected chi connectivity index (χ3v) is 3.57. The van der Waals surface area contributed by atoms with Gasteiger partial charge in [-0.3, -0.25) is 4.79 Å². The van der Waals surface area contributed by atoms with Crippen LogP contribution in [-0.2, 0) is 13.6 Å². The van der Waals surface area contributed by atoms with Crippen LogP contribution in [0.4, 0.5) is 0 Å². The molecule has 0 saturated heterocycles. The number of ether oxygens (including phenoxy) is 2. The van der Waals surface area contributed by atoms with Gasteiger partial charge in [-0.2, -0.15) is 0 Å². The topological polar surface area (TPSA) is 52.5 Å². The SMILES string of the molecule is COc1ccc(CNC(=O)c2cc(Br)cn2C)c(OC)c1. The van der Waals surface area contributed by atoms with E-state index >= 15 is 0 Å². The highest BCUT2D eigenvalue weighted by Crippen LogP contribution is 2.24. The molecule has 1 heterocycles. The molecule has 0 aliphatic heterocycles. The van der Waals surface area contributed by atoms with Crippen LogP contribution in [0.2, 0.25) is 0 Å². The number of nitrogens with zero attached hydrogens (tertiary/aromatic N) is 1. The number of aryl methyl sites for hydroxylation is 1. The molecule has 0 unspecified atom stereocenters. The number of nitrogens with one attached hydrogen (secondary N) is 1. The Labute approximate surface area is 132 Å². The van der Waals surface area contributed by atoms with Crippen molar-refractivity contribution in [1.82, 2.24) is 9.88 Å². The lowest BCUT2D eigenvalue weighted by atomic mass is 10.2. The quantitative estimate of drug-likeness (QED) is 0.899. The van der Waals surface area contributed by atoms with Crippen LogP contribution < -0.4 is 14.8 Å². The highest BCUT2D eigenvalue weighted by molar-refractivity contribution is 9.10. The van der Waals surface area contributed by atoms with Gasteiger partial charge >= 0.3 is 0 Å². The zero-order valence-electron chi connectivity index (χ0n) is 12.1. The van der Waals surface area contributed by atoms with Crippen LogP contribution in [0.5, 0.6) is 11.5 Å². The van der Waals surface area contributed by atoms with Crippen molar-refractivity contribution in [2.24, 2.45) is 7.05 Å². The molecule has 0 fully saturated rings. The van der Waals surface area contributed by atoms with Crippen molar-refractivity contribution in [2.45, 2.75) is 6.54 Å². The van der Waals surface area contributed by atoms with Crippen molar-refractivity contribution in [3.05, 3.63) is 46.2 Å². The number of halogens is 1. The Morgan fingerprint density at radius 2 is 2.05 bits per heavy atom. The minimum absolute atomic E-state index is 0.138. The van der Waals surface area contributed by atoms with Gasteiger partial charge in [0.1, 0.15) is 17.2 Å². The maximum absolute atomic E-state index is 12.2. The minimum atomic E-state index is -0.138. The van der Waals surface area contributed by atoms with Crippen molar-refractivity contribution in [3.8, 4) is 11.5 Å². The van der Waals surface area contributed by atoms with Crippen LogP contribution >= 0.6 is 15.9 Å². The molecule has 1 aromatic heterocycles. The first-order valence-corrected chi connectivity index (χ1v) is 7.15. The lowest BCUT2D eigenvalue weighted by molar-refractivity contribution is 0.0942. The Morgan fingerprint density at radius 1 is 1.29 bits per heavy atom. The van der Waals surface area contributed by atoms with Gasteiger partial charge < -0.3 is 19.4 Å². The number of hydrogen-bond donors (Lipinski definition) is 1. The van der Waals surface area contributed by atoms with Gasteiger partial charge in [-0.05, 0) is 34.1 Å². The molecule has 2 rings (SSSR count). The van der Waals surface area contributed by atoms with E-state index in [1.165, 1.54) is 0 Å². The second-order valence-corrected chi connectivity index (χ2v) is 5.43. The molecule has 0 saturated carbocycles. The fourth-order valence-corrected chi connectivity index (χ4v) is 2.54. The number of benzene rings is 1. The van der Waals surface area contributed by atoms with E-state index in [-0.39, 0.29) is 5.91 Å². The fraction of sp³-hybridized carbons (Fsp3) is 0.267. The summed E-state index contributed by atoms with van der Waals surface area (Å²) in [4.78, 5) is 12.2. The number of hydrogen-bond acceptors (Lipinski definition) is 3. The number of carbonyl (C=O) groups excluding carboxylic acids is 1. The summed E-state index contributed by atoms with van der Waals surface area (Å²) in [5.41, 5.74) is 1.48. The molecule has 112 valence electrons. The molecule has 6 heteroatoms. The lowest BCUT2D eigenvalue weighted by Gasteiger charge is -2.11. The molecule has 0 aliphatic rings. The number of methoxy groups -OCH3 is 2. The van der Waals surface area contributed by atoms with Crippen LogP contribution in [-0.4, -0.2) is 24.7 Å². The van der Waals surface area contributed by atoms with E-state index < -0.39 is 0 Å². The summed E-state index contributed by atoms with van der Waals surface area (Å²) in [5, 5.41) is 2.88. The Bertz CT molecular complexity index is 652. The second-order valence-electron chi connectivity index (χ2n) is 4.51. The maximum atomic E-state index is 12.2. The van der Waals surface area contributed by atoms with Crippen LogP contribution in [0.1, 0.15) is 16.1 Å². The molecule has 1 N–H and O–H groups in total. The smallest absolute Gasteiger partial charge is 0.268 e. The predicted octanol–water partition coefficient (Wildman–Crippen LogP) is 2.73. The van der Waals surface area contributed by atoms with Crippen LogP contribution in [0.3, 0.4) is 0 Å². The lowest BCUT2D eigenvalue weighted by Crippen LogP contribution is -2.25. The Morgan fingerprint density at radius 3 is 2.62 bits per heavy atom. The molecule has 2 aromatic rings. The summed E-state index contributed by atoms with van der Waals surface area (Å²) < 4.78 is 13.1. The Hall–Kier alpha value is -1.95. The zero-order valence-corrected chi connectivity index (χ0v) is 13.7. The van der Waals surface area contributed by atoms with Crippen molar-refractivity contribution >= 4 is 21.8 Å². The molecular formula is C15H17BrN2O3. The number of carbonyl (C=O) groups is 1. The van der Waals surface area contributed by atoms with E-state index in [9.17, 15) is 4.79 Å².